The van der Waals surface area contributed by atoms with Gasteiger partial charge in [-0.05, 0) is 12.1 Å². The summed E-state index contributed by atoms with van der Waals surface area (Å²) in [5.74, 6) is 0. The fourth-order valence-corrected chi connectivity index (χ4v) is 1.52. The molecule has 0 radical (unpaired) electrons. The van der Waals surface area contributed by atoms with Gasteiger partial charge in [0.05, 0.1) is 4.92 Å². The second-order valence-corrected chi connectivity index (χ2v) is 3.99. The fraction of sp³-hybridized carbons (Fsp3) is 0.222. The highest BCUT2D eigenvalue weighted by Gasteiger charge is 2.13. The van der Waals surface area contributed by atoms with Crippen molar-refractivity contribution in [3.8, 4) is 0 Å². The van der Waals surface area contributed by atoms with Gasteiger partial charge in [0.15, 0.2) is 0 Å². The first kappa shape index (κ1) is 13.2. The monoisotopic (exact) mass is 303 g/mol. The zero-order valence-electron chi connectivity index (χ0n) is 8.64. The molecule has 1 rings (SSSR count). The number of amides is 1. The van der Waals surface area contributed by atoms with Crippen molar-refractivity contribution in [1.82, 2.24) is 5.32 Å². The largest absolute Gasteiger partial charge is 0.465 e. The molecule has 0 fully saturated rings. The number of nitro benzene ring substituents is 1. The van der Waals surface area contributed by atoms with E-state index in [-0.39, 0.29) is 18.8 Å². The van der Waals surface area contributed by atoms with Gasteiger partial charge in [0.2, 0.25) is 0 Å². The lowest BCUT2D eigenvalue weighted by Crippen LogP contribution is -2.27. The van der Waals surface area contributed by atoms with Crippen molar-refractivity contribution in [3.05, 3.63) is 32.8 Å². The highest BCUT2D eigenvalue weighted by molar-refractivity contribution is 9.10. The summed E-state index contributed by atoms with van der Waals surface area (Å²) in [5, 5.41) is 24.0. The van der Waals surface area contributed by atoms with E-state index in [2.05, 4.69) is 26.6 Å². The number of carbonyl (C=O) groups is 1. The lowest BCUT2D eigenvalue weighted by atomic mass is 10.2. The van der Waals surface area contributed by atoms with Gasteiger partial charge >= 0.3 is 6.09 Å². The van der Waals surface area contributed by atoms with E-state index in [0.29, 0.717) is 10.2 Å². The summed E-state index contributed by atoms with van der Waals surface area (Å²) in [7, 11) is 0. The van der Waals surface area contributed by atoms with E-state index in [9.17, 15) is 14.9 Å². The Morgan fingerprint density at radius 1 is 1.47 bits per heavy atom. The van der Waals surface area contributed by atoms with Crippen molar-refractivity contribution in [2.24, 2.45) is 0 Å². The quantitative estimate of drug-likeness (QED) is 0.438. The van der Waals surface area contributed by atoms with Crippen molar-refractivity contribution in [2.45, 2.75) is 0 Å². The van der Waals surface area contributed by atoms with Crippen molar-refractivity contribution < 1.29 is 14.8 Å². The number of hydrogen-bond donors (Lipinski definition) is 3. The zero-order chi connectivity index (χ0) is 12.8. The molecule has 7 nitrogen and oxygen atoms in total. The van der Waals surface area contributed by atoms with E-state index in [4.69, 9.17) is 5.11 Å². The molecule has 0 heterocycles. The Kier molecular flexibility index (Phi) is 4.70. The standard InChI is InChI=1S/C9H10BrN3O4/c10-6-1-2-7(8(5-6)13(16)17)11-3-4-12-9(14)15/h1-2,5,11-12H,3-4H2,(H,14,15). The molecule has 1 aromatic carbocycles. The minimum atomic E-state index is -1.13. The van der Waals surface area contributed by atoms with Crippen LogP contribution in [0.25, 0.3) is 0 Å². The highest BCUT2D eigenvalue weighted by atomic mass is 79.9. The fourth-order valence-electron chi connectivity index (χ4n) is 1.17. The lowest BCUT2D eigenvalue weighted by Gasteiger charge is -2.07. The van der Waals surface area contributed by atoms with Gasteiger partial charge in [0.1, 0.15) is 5.69 Å². The molecule has 0 atom stereocenters. The summed E-state index contributed by atoms with van der Waals surface area (Å²) >= 11 is 3.14. The van der Waals surface area contributed by atoms with E-state index < -0.39 is 11.0 Å². The third kappa shape index (κ3) is 4.27. The number of anilines is 1. The Bertz CT molecular complexity index is 438. The maximum Gasteiger partial charge on any atom is 0.404 e. The third-order valence-corrected chi connectivity index (χ3v) is 2.37. The molecule has 0 unspecified atom stereocenters. The molecule has 0 spiro atoms. The third-order valence-electron chi connectivity index (χ3n) is 1.87. The van der Waals surface area contributed by atoms with Crippen LogP contribution in [0.15, 0.2) is 22.7 Å². The number of nitro groups is 1. The maximum atomic E-state index is 10.7. The molecule has 0 aliphatic heterocycles. The molecule has 0 aliphatic carbocycles. The molecular formula is C9H10BrN3O4. The van der Waals surface area contributed by atoms with Gasteiger partial charge < -0.3 is 15.7 Å². The summed E-state index contributed by atoms with van der Waals surface area (Å²) in [6.07, 6.45) is -1.13. The van der Waals surface area contributed by atoms with E-state index >= 15 is 0 Å². The predicted octanol–water partition coefficient (Wildman–Crippen LogP) is 2.04. The molecular weight excluding hydrogens is 294 g/mol. The summed E-state index contributed by atoms with van der Waals surface area (Å²) in [5.41, 5.74) is 0.292. The van der Waals surface area contributed by atoms with Crippen LogP contribution in [0, 0.1) is 10.1 Å². The average molecular weight is 304 g/mol. The molecule has 17 heavy (non-hydrogen) atoms. The number of nitrogens with zero attached hydrogens (tertiary/aromatic N) is 1. The Balaban J connectivity index is 2.64. The Morgan fingerprint density at radius 2 is 2.18 bits per heavy atom. The molecule has 1 amide bonds. The van der Waals surface area contributed by atoms with Crippen molar-refractivity contribution >= 4 is 33.4 Å². The normalized spacial score (nSPS) is 9.71. The van der Waals surface area contributed by atoms with Crippen LogP contribution in [0.1, 0.15) is 0 Å². The number of nitrogens with one attached hydrogen (secondary N) is 2. The van der Waals surface area contributed by atoms with Gasteiger partial charge in [-0.1, -0.05) is 15.9 Å². The van der Waals surface area contributed by atoms with Crippen molar-refractivity contribution in [3.63, 3.8) is 0 Å². The van der Waals surface area contributed by atoms with E-state index in [1.165, 1.54) is 6.07 Å². The molecule has 92 valence electrons. The molecule has 1 aromatic rings. The summed E-state index contributed by atoms with van der Waals surface area (Å²) in [6, 6.07) is 4.61. The van der Waals surface area contributed by atoms with Crippen LogP contribution in [0.5, 0.6) is 0 Å². The number of rotatable bonds is 5. The lowest BCUT2D eigenvalue weighted by molar-refractivity contribution is -0.384. The van der Waals surface area contributed by atoms with Crippen LogP contribution in [0.4, 0.5) is 16.2 Å². The van der Waals surface area contributed by atoms with Crippen LogP contribution >= 0.6 is 15.9 Å². The summed E-state index contributed by atoms with van der Waals surface area (Å²) in [6.45, 7) is 0.442. The SMILES string of the molecule is O=C(O)NCCNc1ccc(Br)cc1[N+](=O)[O-]. The Labute approximate surface area is 105 Å². The molecule has 0 saturated carbocycles. The van der Waals surface area contributed by atoms with E-state index in [0.717, 1.165) is 0 Å². The second kappa shape index (κ2) is 6.04. The van der Waals surface area contributed by atoms with Gasteiger partial charge in [-0.3, -0.25) is 10.1 Å². The van der Waals surface area contributed by atoms with Crippen LogP contribution in [-0.4, -0.2) is 29.2 Å². The first-order valence-corrected chi connectivity index (χ1v) is 5.44. The van der Waals surface area contributed by atoms with Crippen LogP contribution in [-0.2, 0) is 0 Å². The second-order valence-electron chi connectivity index (χ2n) is 3.08. The first-order chi connectivity index (χ1) is 8.00. The smallest absolute Gasteiger partial charge is 0.404 e. The van der Waals surface area contributed by atoms with Gasteiger partial charge in [0.25, 0.3) is 5.69 Å². The van der Waals surface area contributed by atoms with E-state index in [1.54, 1.807) is 12.1 Å². The van der Waals surface area contributed by atoms with Crippen molar-refractivity contribution in [1.29, 1.82) is 0 Å². The van der Waals surface area contributed by atoms with Crippen LogP contribution < -0.4 is 10.6 Å². The summed E-state index contributed by atoms with van der Waals surface area (Å²) in [4.78, 5) is 20.4. The molecule has 0 aliphatic rings. The molecule has 3 N–H and O–H groups in total. The minimum absolute atomic E-state index is 0.0605. The highest BCUT2D eigenvalue weighted by Crippen LogP contribution is 2.27. The van der Waals surface area contributed by atoms with Crippen molar-refractivity contribution in [2.75, 3.05) is 18.4 Å². The Hall–Kier alpha value is -1.83. The van der Waals surface area contributed by atoms with Gasteiger partial charge in [0, 0.05) is 23.6 Å². The molecule has 0 saturated heterocycles. The summed E-state index contributed by atoms with van der Waals surface area (Å²) < 4.78 is 0.610. The van der Waals surface area contributed by atoms with Gasteiger partial charge in [-0.2, -0.15) is 0 Å². The molecule has 0 aromatic heterocycles. The predicted molar refractivity (Wildman–Crippen MR) is 65.3 cm³/mol. The van der Waals surface area contributed by atoms with Gasteiger partial charge in [-0.15, -0.1) is 0 Å². The number of halogens is 1. The van der Waals surface area contributed by atoms with Crippen LogP contribution in [0.3, 0.4) is 0 Å². The molecule has 8 heteroatoms. The van der Waals surface area contributed by atoms with Crippen LogP contribution in [0.2, 0.25) is 0 Å². The zero-order valence-corrected chi connectivity index (χ0v) is 10.2. The number of benzene rings is 1. The number of hydrogen-bond acceptors (Lipinski definition) is 4. The average Bonchev–Trinajstić information content (AvgIpc) is 2.25. The van der Waals surface area contributed by atoms with E-state index in [1.807, 2.05) is 0 Å². The minimum Gasteiger partial charge on any atom is -0.465 e. The first-order valence-electron chi connectivity index (χ1n) is 4.65. The van der Waals surface area contributed by atoms with Gasteiger partial charge in [-0.25, -0.2) is 4.79 Å². The Morgan fingerprint density at radius 3 is 2.76 bits per heavy atom. The maximum absolute atomic E-state index is 10.7. The number of carboxylic acid groups (broad SMARTS) is 1. The molecule has 0 bridgehead atoms. The topological polar surface area (TPSA) is 104 Å².